The van der Waals surface area contributed by atoms with E-state index in [1.807, 2.05) is 60.7 Å². The highest BCUT2D eigenvalue weighted by atomic mass is 16.7. The van der Waals surface area contributed by atoms with Crippen LogP contribution in [0.2, 0.25) is 0 Å². The average Bonchev–Trinajstić information content (AvgIpc) is 3.01. The molecule has 0 atom stereocenters. The highest BCUT2D eigenvalue weighted by Crippen LogP contribution is 2.40. The Labute approximate surface area is 239 Å². The number of hydrogen-bond acceptors (Lipinski definition) is 8. The minimum atomic E-state index is -0.343. The molecule has 0 amide bonds. The van der Waals surface area contributed by atoms with Gasteiger partial charge in [-0.3, -0.25) is 4.79 Å². The summed E-state index contributed by atoms with van der Waals surface area (Å²) in [6.07, 6.45) is 2.84. The largest absolute Gasteiger partial charge is 0.507 e. The molecule has 41 heavy (non-hydrogen) atoms. The van der Waals surface area contributed by atoms with Crippen molar-refractivity contribution in [1.82, 2.24) is 0 Å². The zero-order valence-corrected chi connectivity index (χ0v) is 23.2. The summed E-state index contributed by atoms with van der Waals surface area (Å²) in [5.41, 5.74) is 2.55. The molecular weight excluding hydrogens is 524 g/mol. The van der Waals surface area contributed by atoms with Crippen LogP contribution in [0.25, 0.3) is 6.08 Å². The van der Waals surface area contributed by atoms with Crippen LogP contribution in [0.5, 0.6) is 34.5 Å². The minimum Gasteiger partial charge on any atom is -0.507 e. The molecule has 0 aliphatic rings. The van der Waals surface area contributed by atoms with Crippen molar-refractivity contribution in [2.75, 3.05) is 28.1 Å². The number of carbonyl (C=O) groups excluding carboxylic acids is 1. The van der Waals surface area contributed by atoms with Gasteiger partial charge in [-0.05, 0) is 35.4 Å². The SMILES string of the molecule is COCOc1cc(O)c(C=CC(=O)c2cc(OC)c(OCc3ccccc3)c(OC)c2)c(OCc2ccccc2)c1. The highest BCUT2D eigenvalue weighted by molar-refractivity contribution is 6.07. The maximum absolute atomic E-state index is 13.3. The fourth-order valence-corrected chi connectivity index (χ4v) is 3.97. The normalized spacial score (nSPS) is 10.8. The smallest absolute Gasteiger partial charge is 0.203 e. The van der Waals surface area contributed by atoms with E-state index in [0.717, 1.165) is 11.1 Å². The number of carbonyl (C=O) groups is 1. The third kappa shape index (κ3) is 7.80. The average molecular weight is 557 g/mol. The topological polar surface area (TPSA) is 92.7 Å². The van der Waals surface area contributed by atoms with Gasteiger partial charge in [0.1, 0.15) is 30.5 Å². The van der Waals surface area contributed by atoms with Gasteiger partial charge in [-0.15, -0.1) is 0 Å². The van der Waals surface area contributed by atoms with E-state index in [0.29, 0.717) is 46.5 Å². The minimum absolute atomic E-state index is 0.0000385. The molecule has 1 N–H and O–H groups in total. The Balaban J connectivity index is 1.59. The Morgan fingerprint density at radius 2 is 1.32 bits per heavy atom. The van der Waals surface area contributed by atoms with Gasteiger partial charge in [-0.25, -0.2) is 0 Å². The van der Waals surface area contributed by atoms with Crippen LogP contribution >= 0.6 is 0 Å². The molecule has 8 heteroatoms. The number of methoxy groups -OCH3 is 3. The second kappa shape index (κ2) is 14.4. The lowest BCUT2D eigenvalue weighted by Gasteiger charge is -2.16. The van der Waals surface area contributed by atoms with Gasteiger partial charge in [-0.2, -0.15) is 0 Å². The number of ketones is 1. The molecule has 212 valence electrons. The molecule has 0 aliphatic heterocycles. The molecule has 0 fully saturated rings. The summed E-state index contributed by atoms with van der Waals surface area (Å²) in [4.78, 5) is 13.3. The molecule has 0 unspecified atom stereocenters. The number of phenols is 1. The predicted molar refractivity (Wildman–Crippen MR) is 155 cm³/mol. The third-order valence-corrected chi connectivity index (χ3v) is 6.05. The second-order valence-corrected chi connectivity index (χ2v) is 8.86. The van der Waals surface area contributed by atoms with E-state index in [1.54, 1.807) is 18.2 Å². The first kappa shape index (κ1) is 29.0. The summed E-state index contributed by atoms with van der Waals surface area (Å²) in [6, 6.07) is 25.5. The van der Waals surface area contributed by atoms with Crippen molar-refractivity contribution in [1.29, 1.82) is 0 Å². The van der Waals surface area contributed by atoms with E-state index in [9.17, 15) is 9.90 Å². The van der Waals surface area contributed by atoms with Gasteiger partial charge in [0.2, 0.25) is 5.75 Å². The second-order valence-electron chi connectivity index (χ2n) is 8.86. The summed E-state index contributed by atoms with van der Waals surface area (Å²) in [5, 5.41) is 10.8. The first-order chi connectivity index (χ1) is 20.0. The van der Waals surface area contributed by atoms with Crippen molar-refractivity contribution < 1.29 is 38.3 Å². The van der Waals surface area contributed by atoms with Gasteiger partial charge in [0.15, 0.2) is 24.1 Å². The number of ether oxygens (including phenoxy) is 6. The van der Waals surface area contributed by atoms with E-state index in [1.165, 1.54) is 39.5 Å². The summed E-state index contributed by atoms with van der Waals surface area (Å²) in [6.45, 7) is 0.553. The van der Waals surface area contributed by atoms with Crippen LogP contribution in [0.4, 0.5) is 0 Å². The molecular formula is C33H32O8. The maximum atomic E-state index is 13.3. The summed E-state index contributed by atoms with van der Waals surface area (Å²) >= 11 is 0. The Kier molecular flexibility index (Phi) is 10.2. The summed E-state index contributed by atoms with van der Waals surface area (Å²) < 4.78 is 33.5. The Hall–Kier alpha value is -4.95. The number of rotatable bonds is 14. The van der Waals surface area contributed by atoms with Crippen LogP contribution in [0.3, 0.4) is 0 Å². The zero-order chi connectivity index (χ0) is 29.0. The van der Waals surface area contributed by atoms with Crippen LogP contribution in [0.1, 0.15) is 27.0 Å². The van der Waals surface area contributed by atoms with E-state index in [4.69, 9.17) is 28.4 Å². The molecule has 0 saturated carbocycles. The van der Waals surface area contributed by atoms with Crippen LogP contribution in [-0.2, 0) is 18.0 Å². The molecule has 0 bridgehead atoms. The zero-order valence-electron chi connectivity index (χ0n) is 23.2. The maximum Gasteiger partial charge on any atom is 0.203 e. The third-order valence-electron chi connectivity index (χ3n) is 6.05. The monoisotopic (exact) mass is 556 g/mol. The lowest BCUT2D eigenvalue weighted by molar-refractivity contribution is 0.0508. The molecule has 0 aliphatic carbocycles. The van der Waals surface area contributed by atoms with Crippen LogP contribution < -0.4 is 23.7 Å². The Morgan fingerprint density at radius 3 is 1.88 bits per heavy atom. The van der Waals surface area contributed by atoms with Gasteiger partial charge in [0.25, 0.3) is 0 Å². The van der Waals surface area contributed by atoms with Gasteiger partial charge >= 0.3 is 0 Å². The quantitative estimate of drug-likeness (QED) is 0.108. The van der Waals surface area contributed by atoms with Crippen molar-refractivity contribution in [3.63, 3.8) is 0 Å². The molecule has 0 heterocycles. The van der Waals surface area contributed by atoms with E-state index >= 15 is 0 Å². The van der Waals surface area contributed by atoms with Crippen LogP contribution in [-0.4, -0.2) is 39.0 Å². The number of hydrogen-bond donors (Lipinski definition) is 1. The molecule has 0 aromatic heterocycles. The van der Waals surface area contributed by atoms with Crippen molar-refractivity contribution in [2.24, 2.45) is 0 Å². The molecule has 4 aromatic carbocycles. The molecule has 4 rings (SSSR count). The standard InChI is InChI=1S/C33H32O8/c1-36-22-41-26-18-29(35)27(30(19-26)39-20-23-10-6-4-7-11-23)14-15-28(34)25-16-31(37-2)33(32(17-25)38-3)40-21-24-12-8-5-9-13-24/h4-19,35H,20-22H2,1-3H3. The summed E-state index contributed by atoms with van der Waals surface area (Å²) in [5.74, 6) is 1.33. The molecule has 0 saturated heterocycles. The number of aromatic hydroxyl groups is 1. The van der Waals surface area contributed by atoms with Crippen molar-refractivity contribution in [3.05, 3.63) is 113 Å². The van der Waals surface area contributed by atoms with Crippen LogP contribution in [0, 0.1) is 0 Å². The van der Waals surface area contributed by atoms with Crippen LogP contribution in [0.15, 0.2) is 91.0 Å². The Bertz CT molecular complexity index is 1440. The fourth-order valence-electron chi connectivity index (χ4n) is 3.97. The Morgan fingerprint density at radius 1 is 0.732 bits per heavy atom. The lowest BCUT2D eigenvalue weighted by atomic mass is 10.1. The van der Waals surface area contributed by atoms with Gasteiger partial charge in [-0.1, -0.05) is 60.7 Å². The van der Waals surface area contributed by atoms with Gasteiger partial charge in [0, 0.05) is 24.8 Å². The molecule has 0 spiro atoms. The van der Waals surface area contributed by atoms with E-state index in [-0.39, 0.29) is 24.9 Å². The first-order valence-electron chi connectivity index (χ1n) is 12.8. The van der Waals surface area contributed by atoms with E-state index < -0.39 is 0 Å². The first-order valence-corrected chi connectivity index (χ1v) is 12.8. The number of benzene rings is 4. The van der Waals surface area contributed by atoms with E-state index in [2.05, 4.69) is 0 Å². The van der Waals surface area contributed by atoms with Crippen molar-refractivity contribution >= 4 is 11.9 Å². The van der Waals surface area contributed by atoms with Gasteiger partial charge < -0.3 is 33.5 Å². The molecule has 4 aromatic rings. The fraction of sp³-hybridized carbons (Fsp3) is 0.182. The van der Waals surface area contributed by atoms with Gasteiger partial charge in [0.05, 0.1) is 19.8 Å². The lowest BCUT2D eigenvalue weighted by Crippen LogP contribution is -2.03. The predicted octanol–water partition coefficient (Wildman–Crippen LogP) is 6.45. The van der Waals surface area contributed by atoms with Crippen molar-refractivity contribution in [2.45, 2.75) is 13.2 Å². The van der Waals surface area contributed by atoms with Crippen molar-refractivity contribution in [3.8, 4) is 34.5 Å². The molecule has 8 nitrogen and oxygen atoms in total. The number of phenolic OH excluding ortho intramolecular Hbond substituents is 1. The highest BCUT2D eigenvalue weighted by Gasteiger charge is 2.18. The summed E-state index contributed by atoms with van der Waals surface area (Å²) in [7, 11) is 4.49. The molecule has 0 radical (unpaired) electrons. The number of allylic oxidation sites excluding steroid dienone is 1.